The first-order valence-corrected chi connectivity index (χ1v) is 8.73. The fourth-order valence-electron chi connectivity index (χ4n) is 1.84. The Balaban J connectivity index is 2.27. The van der Waals surface area contributed by atoms with Crippen molar-refractivity contribution in [2.45, 2.75) is 4.90 Å². The molecule has 24 heavy (non-hydrogen) atoms. The Hall–Kier alpha value is -2.52. The molecule has 0 aliphatic heterocycles. The average molecular weight is 367 g/mol. The molecule has 2 aromatic carbocycles. The maximum absolute atomic E-state index is 12.5. The van der Waals surface area contributed by atoms with Crippen molar-refractivity contribution in [3.05, 3.63) is 42.5 Å². The number of methoxy groups -OCH3 is 1. The zero-order chi connectivity index (χ0) is 17.7. The van der Waals surface area contributed by atoms with E-state index >= 15 is 0 Å². The van der Waals surface area contributed by atoms with E-state index in [1.165, 1.54) is 25.3 Å². The molecule has 0 saturated heterocycles. The fraction of sp³-hybridized carbons (Fsp3) is 0.133. The predicted octanol–water partition coefficient (Wildman–Crippen LogP) is 2.12. The predicted molar refractivity (Wildman–Crippen MR) is 97.2 cm³/mol. The van der Waals surface area contributed by atoms with Gasteiger partial charge in [-0.3, -0.25) is 4.72 Å². The molecule has 4 N–H and O–H groups in total. The van der Waals surface area contributed by atoms with Gasteiger partial charge in [-0.05, 0) is 54.7 Å². The van der Waals surface area contributed by atoms with E-state index in [9.17, 15) is 13.5 Å². The minimum Gasteiger partial charge on any atom is -0.506 e. The molecule has 0 unspecified atom stereocenters. The molecular formula is C15H17N3O4S2. The lowest BCUT2D eigenvalue weighted by Crippen LogP contribution is -2.24. The molecule has 0 saturated carbocycles. The molecule has 2 aromatic rings. The largest absolute Gasteiger partial charge is 0.506 e. The van der Waals surface area contributed by atoms with Gasteiger partial charge in [0, 0.05) is 12.7 Å². The number of rotatable bonds is 5. The third kappa shape index (κ3) is 4.27. The molecule has 0 atom stereocenters. The van der Waals surface area contributed by atoms with Gasteiger partial charge in [-0.1, -0.05) is 0 Å². The zero-order valence-corrected chi connectivity index (χ0v) is 14.7. The van der Waals surface area contributed by atoms with Crippen LogP contribution in [-0.4, -0.2) is 32.8 Å². The topological polar surface area (TPSA) is 99.7 Å². The number of anilines is 2. The lowest BCUT2D eigenvalue weighted by atomic mass is 10.3. The summed E-state index contributed by atoms with van der Waals surface area (Å²) in [6, 6.07) is 10.3. The summed E-state index contributed by atoms with van der Waals surface area (Å²) < 4.78 is 32.4. The summed E-state index contributed by atoms with van der Waals surface area (Å²) >= 11 is 4.95. The monoisotopic (exact) mass is 367 g/mol. The first-order valence-electron chi connectivity index (χ1n) is 6.84. The number of hydrogen-bond donors (Lipinski definition) is 4. The number of benzene rings is 2. The van der Waals surface area contributed by atoms with E-state index in [4.69, 9.17) is 17.0 Å². The minimum absolute atomic E-state index is 0.0162. The Bertz CT molecular complexity index is 836. The van der Waals surface area contributed by atoms with Crippen LogP contribution in [0.1, 0.15) is 0 Å². The number of hydrogen-bond acceptors (Lipinski definition) is 5. The zero-order valence-electron chi connectivity index (χ0n) is 13.0. The van der Waals surface area contributed by atoms with E-state index in [1.54, 1.807) is 31.3 Å². The highest BCUT2D eigenvalue weighted by Crippen LogP contribution is 2.27. The SMILES string of the molecule is CNC(=S)Nc1cc(S(=O)(=O)Nc2ccc(OC)cc2)ccc1O. The molecule has 0 aromatic heterocycles. The van der Waals surface area contributed by atoms with Crippen LogP contribution in [0.5, 0.6) is 11.5 Å². The number of thiocarbonyl (C=S) groups is 1. The quantitative estimate of drug-likeness (QED) is 0.474. The van der Waals surface area contributed by atoms with Crippen molar-refractivity contribution in [1.29, 1.82) is 0 Å². The Labute approximate surface area is 145 Å². The van der Waals surface area contributed by atoms with Crippen LogP contribution in [0.3, 0.4) is 0 Å². The van der Waals surface area contributed by atoms with Crippen LogP contribution < -0.4 is 20.1 Å². The molecule has 7 nitrogen and oxygen atoms in total. The van der Waals surface area contributed by atoms with Crippen molar-refractivity contribution in [2.75, 3.05) is 24.2 Å². The third-order valence-electron chi connectivity index (χ3n) is 3.10. The third-order valence-corrected chi connectivity index (χ3v) is 4.78. The molecule has 0 spiro atoms. The molecule has 0 bridgehead atoms. The van der Waals surface area contributed by atoms with Gasteiger partial charge in [-0.15, -0.1) is 0 Å². The van der Waals surface area contributed by atoms with Crippen LogP contribution in [0.25, 0.3) is 0 Å². The van der Waals surface area contributed by atoms with Gasteiger partial charge in [-0.2, -0.15) is 0 Å². The normalized spacial score (nSPS) is 10.8. The molecule has 0 aliphatic carbocycles. The number of aromatic hydroxyl groups is 1. The summed E-state index contributed by atoms with van der Waals surface area (Å²) in [5, 5.41) is 15.5. The minimum atomic E-state index is -3.82. The molecule has 0 amide bonds. The molecule has 128 valence electrons. The number of phenols is 1. The number of sulfonamides is 1. The Morgan fingerprint density at radius 3 is 2.42 bits per heavy atom. The molecule has 9 heteroatoms. The summed E-state index contributed by atoms with van der Waals surface area (Å²) in [6.45, 7) is 0. The van der Waals surface area contributed by atoms with E-state index in [0.29, 0.717) is 11.4 Å². The van der Waals surface area contributed by atoms with E-state index in [1.807, 2.05) is 0 Å². The van der Waals surface area contributed by atoms with Crippen LogP contribution in [0.2, 0.25) is 0 Å². The number of ether oxygens (including phenoxy) is 1. The van der Waals surface area contributed by atoms with Gasteiger partial charge in [0.2, 0.25) is 0 Å². The van der Waals surface area contributed by atoms with Gasteiger partial charge < -0.3 is 20.5 Å². The Morgan fingerprint density at radius 1 is 1.17 bits per heavy atom. The molecule has 0 aliphatic rings. The van der Waals surface area contributed by atoms with Gasteiger partial charge in [-0.25, -0.2) is 8.42 Å². The van der Waals surface area contributed by atoms with E-state index < -0.39 is 10.0 Å². The maximum atomic E-state index is 12.5. The first-order chi connectivity index (χ1) is 11.4. The summed E-state index contributed by atoms with van der Waals surface area (Å²) in [5.74, 6) is 0.505. The van der Waals surface area contributed by atoms with Gasteiger partial charge in [0.25, 0.3) is 10.0 Å². The highest BCUT2D eigenvalue weighted by atomic mass is 32.2. The summed E-state index contributed by atoms with van der Waals surface area (Å²) in [5.41, 5.74) is 0.580. The van der Waals surface area contributed by atoms with Crippen molar-refractivity contribution >= 4 is 38.7 Å². The second-order valence-corrected chi connectivity index (χ2v) is 6.81. The smallest absolute Gasteiger partial charge is 0.261 e. The van der Waals surface area contributed by atoms with Crippen molar-refractivity contribution < 1.29 is 18.3 Å². The van der Waals surface area contributed by atoms with Crippen molar-refractivity contribution in [1.82, 2.24) is 5.32 Å². The Morgan fingerprint density at radius 2 is 1.83 bits per heavy atom. The second kappa shape index (κ2) is 7.37. The standard InChI is InChI=1S/C15H17N3O4S2/c1-16-15(23)17-13-9-12(7-8-14(13)19)24(20,21)18-10-3-5-11(22-2)6-4-10/h3-9,18-19H,1-2H3,(H2,16,17,23). The van der Waals surface area contributed by atoms with Crippen LogP contribution in [-0.2, 0) is 10.0 Å². The molecule has 2 rings (SSSR count). The highest BCUT2D eigenvalue weighted by molar-refractivity contribution is 7.92. The van der Waals surface area contributed by atoms with Crippen molar-refractivity contribution in [3.63, 3.8) is 0 Å². The fourth-order valence-corrected chi connectivity index (χ4v) is 3.03. The van der Waals surface area contributed by atoms with Gasteiger partial charge in [0.15, 0.2) is 5.11 Å². The summed E-state index contributed by atoms with van der Waals surface area (Å²) in [4.78, 5) is -0.0162. The lowest BCUT2D eigenvalue weighted by molar-refractivity contribution is 0.415. The van der Waals surface area contributed by atoms with Crippen LogP contribution in [0, 0.1) is 0 Å². The maximum Gasteiger partial charge on any atom is 0.261 e. The first kappa shape index (κ1) is 17.8. The van der Waals surface area contributed by atoms with E-state index in [-0.39, 0.29) is 21.4 Å². The van der Waals surface area contributed by atoms with Crippen LogP contribution >= 0.6 is 12.2 Å². The van der Waals surface area contributed by atoms with Crippen LogP contribution in [0.15, 0.2) is 47.4 Å². The van der Waals surface area contributed by atoms with E-state index in [2.05, 4.69) is 15.4 Å². The van der Waals surface area contributed by atoms with Crippen LogP contribution in [0.4, 0.5) is 11.4 Å². The second-order valence-electron chi connectivity index (χ2n) is 4.72. The lowest BCUT2D eigenvalue weighted by Gasteiger charge is -2.12. The number of nitrogens with one attached hydrogen (secondary N) is 3. The number of phenolic OH excluding ortho intramolecular Hbond substituents is 1. The van der Waals surface area contributed by atoms with Crippen molar-refractivity contribution in [2.24, 2.45) is 0 Å². The molecular weight excluding hydrogens is 350 g/mol. The van der Waals surface area contributed by atoms with Gasteiger partial charge in [0.05, 0.1) is 17.7 Å². The van der Waals surface area contributed by atoms with Crippen molar-refractivity contribution in [3.8, 4) is 11.5 Å². The highest BCUT2D eigenvalue weighted by Gasteiger charge is 2.17. The van der Waals surface area contributed by atoms with Gasteiger partial charge >= 0.3 is 0 Å². The molecule has 0 radical (unpaired) electrons. The molecule has 0 fully saturated rings. The van der Waals surface area contributed by atoms with Gasteiger partial charge in [0.1, 0.15) is 11.5 Å². The van der Waals surface area contributed by atoms with E-state index in [0.717, 1.165) is 0 Å². The average Bonchev–Trinajstić information content (AvgIpc) is 2.57. The summed E-state index contributed by atoms with van der Waals surface area (Å²) in [6.07, 6.45) is 0. The molecule has 0 heterocycles. The Kier molecular flexibility index (Phi) is 5.47. The summed E-state index contributed by atoms with van der Waals surface area (Å²) in [7, 11) is -0.683.